The van der Waals surface area contributed by atoms with Crippen molar-refractivity contribution in [3.63, 3.8) is 0 Å². The SMILES string of the molecule is CC(C)(C)c1noc(CCCC(=O)N2CCN(c3cnccn3)CC2)n1. The van der Waals surface area contributed by atoms with Gasteiger partial charge in [0, 0.05) is 56.8 Å². The van der Waals surface area contributed by atoms with Crippen molar-refractivity contribution in [1.29, 1.82) is 0 Å². The Morgan fingerprint density at radius 1 is 1.19 bits per heavy atom. The molecule has 0 N–H and O–H groups in total. The summed E-state index contributed by atoms with van der Waals surface area (Å²) in [5.41, 5.74) is -0.125. The molecule has 1 amide bonds. The molecule has 2 aromatic heterocycles. The average Bonchev–Trinajstić information content (AvgIpc) is 3.12. The van der Waals surface area contributed by atoms with Crippen LogP contribution >= 0.6 is 0 Å². The number of amides is 1. The Morgan fingerprint density at radius 2 is 1.96 bits per heavy atom. The second kappa shape index (κ2) is 7.80. The lowest BCUT2D eigenvalue weighted by Crippen LogP contribution is -2.49. The highest BCUT2D eigenvalue weighted by molar-refractivity contribution is 5.76. The number of aryl methyl sites for hydroxylation is 1. The molecule has 0 radical (unpaired) electrons. The van der Waals surface area contributed by atoms with Crippen LogP contribution in [0.3, 0.4) is 0 Å². The first-order valence-electron chi connectivity index (χ1n) is 9.05. The van der Waals surface area contributed by atoms with Gasteiger partial charge in [-0.3, -0.25) is 9.78 Å². The van der Waals surface area contributed by atoms with Crippen molar-refractivity contribution in [1.82, 2.24) is 25.0 Å². The molecule has 0 unspecified atom stereocenters. The van der Waals surface area contributed by atoms with Gasteiger partial charge in [-0.05, 0) is 6.42 Å². The molecule has 3 rings (SSSR count). The maximum Gasteiger partial charge on any atom is 0.226 e. The molecule has 0 aliphatic carbocycles. The van der Waals surface area contributed by atoms with Crippen molar-refractivity contribution < 1.29 is 9.32 Å². The molecule has 140 valence electrons. The van der Waals surface area contributed by atoms with Crippen molar-refractivity contribution >= 4 is 11.7 Å². The molecule has 3 heterocycles. The second-order valence-electron chi connectivity index (χ2n) is 7.55. The van der Waals surface area contributed by atoms with Crippen molar-refractivity contribution in [2.75, 3.05) is 31.1 Å². The Bertz CT molecular complexity index is 717. The van der Waals surface area contributed by atoms with E-state index in [2.05, 4.69) is 25.0 Å². The number of carbonyl (C=O) groups excluding carboxylic acids is 1. The zero-order valence-electron chi connectivity index (χ0n) is 15.7. The van der Waals surface area contributed by atoms with Gasteiger partial charge in [-0.1, -0.05) is 25.9 Å². The van der Waals surface area contributed by atoms with Gasteiger partial charge in [0.2, 0.25) is 11.8 Å². The predicted molar refractivity (Wildman–Crippen MR) is 96.8 cm³/mol. The number of anilines is 1. The lowest BCUT2D eigenvalue weighted by Gasteiger charge is -2.35. The second-order valence-corrected chi connectivity index (χ2v) is 7.55. The van der Waals surface area contributed by atoms with Crippen LogP contribution in [0.5, 0.6) is 0 Å². The van der Waals surface area contributed by atoms with Gasteiger partial charge in [0.05, 0.1) is 6.20 Å². The molecule has 8 nitrogen and oxygen atoms in total. The Morgan fingerprint density at radius 3 is 2.58 bits per heavy atom. The zero-order valence-corrected chi connectivity index (χ0v) is 15.7. The smallest absolute Gasteiger partial charge is 0.226 e. The summed E-state index contributed by atoms with van der Waals surface area (Å²) in [6.45, 7) is 9.13. The first-order valence-corrected chi connectivity index (χ1v) is 9.05. The molecular weight excluding hydrogens is 332 g/mol. The molecule has 26 heavy (non-hydrogen) atoms. The van der Waals surface area contributed by atoms with Crippen LogP contribution in [-0.2, 0) is 16.6 Å². The molecule has 1 aliphatic rings. The number of hydrogen-bond donors (Lipinski definition) is 0. The molecule has 0 atom stereocenters. The highest BCUT2D eigenvalue weighted by Gasteiger charge is 2.23. The van der Waals surface area contributed by atoms with Crippen LogP contribution < -0.4 is 4.90 Å². The fourth-order valence-electron chi connectivity index (χ4n) is 2.85. The van der Waals surface area contributed by atoms with Gasteiger partial charge >= 0.3 is 0 Å². The van der Waals surface area contributed by atoms with Gasteiger partial charge in [0.15, 0.2) is 5.82 Å². The van der Waals surface area contributed by atoms with Crippen molar-refractivity contribution in [2.24, 2.45) is 0 Å². The lowest BCUT2D eigenvalue weighted by molar-refractivity contribution is -0.131. The number of nitrogens with zero attached hydrogens (tertiary/aromatic N) is 6. The van der Waals surface area contributed by atoms with Gasteiger partial charge in [-0.25, -0.2) is 4.98 Å². The Labute approximate surface area is 153 Å². The molecule has 8 heteroatoms. The van der Waals surface area contributed by atoms with Crippen LogP contribution in [0.2, 0.25) is 0 Å². The van der Waals surface area contributed by atoms with Crippen LogP contribution in [0.25, 0.3) is 0 Å². The number of rotatable bonds is 5. The minimum Gasteiger partial charge on any atom is -0.352 e. The zero-order chi connectivity index (χ0) is 18.6. The molecule has 1 aliphatic heterocycles. The summed E-state index contributed by atoms with van der Waals surface area (Å²) in [7, 11) is 0. The standard InChI is InChI=1S/C18H26N6O2/c1-18(2,3)17-21-15(26-22-17)5-4-6-16(25)24-11-9-23(10-12-24)14-13-19-7-8-20-14/h7-8,13H,4-6,9-12H2,1-3H3. The first kappa shape index (κ1) is 18.3. The van der Waals surface area contributed by atoms with E-state index in [0.29, 0.717) is 37.6 Å². The summed E-state index contributed by atoms with van der Waals surface area (Å²) in [4.78, 5) is 29.3. The third kappa shape index (κ3) is 4.56. The largest absolute Gasteiger partial charge is 0.352 e. The fourth-order valence-corrected chi connectivity index (χ4v) is 2.85. The van der Waals surface area contributed by atoms with Gasteiger partial charge < -0.3 is 14.3 Å². The minimum absolute atomic E-state index is 0.125. The van der Waals surface area contributed by atoms with Gasteiger partial charge in [0.1, 0.15) is 5.82 Å². The van der Waals surface area contributed by atoms with E-state index in [9.17, 15) is 4.79 Å². The van der Waals surface area contributed by atoms with E-state index in [-0.39, 0.29) is 11.3 Å². The predicted octanol–water partition coefficient (Wildman–Crippen LogP) is 1.83. The molecule has 0 spiro atoms. The maximum atomic E-state index is 12.4. The minimum atomic E-state index is -0.125. The van der Waals surface area contributed by atoms with E-state index in [1.807, 2.05) is 25.7 Å². The average molecular weight is 358 g/mol. The molecular formula is C18H26N6O2. The lowest BCUT2D eigenvalue weighted by atomic mass is 9.96. The normalized spacial score (nSPS) is 15.3. The van der Waals surface area contributed by atoms with Gasteiger partial charge in [0.25, 0.3) is 0 Å². The summed E-state index contributed by atoms with van der Waals surface area (Å²) in [6.07, 6.45) is 6.96. The van der Waals surface area contributed by atoms with Crippen LogP contribution in [0.1, 0.15) is 45.3 Å². The number of hydrogen-bond acceptors (Lipinski definition) is 7. The van der Waals surface area contributed by atoms with Crippen LogP contribution in [0.4, 0.5) is 5.82 Å². The van der Waals surface area contributed by atoms with Crippen molar-refractivity contribution in [2.45, 2.75) is 45.4 Å². The van der Waals surface area contributed by atoms with Crippen LogP contribution in [0.15, 0.2) is 23.1 Å². The molecule has 0 saturated carbocycles. The van der Waals surface area contributed by atoms with Crippen LogP contribution in [0, 0.1) is 0 Å². The number of piperazine rings is 1. The summed E-state index contributed by atoms with van der Waals surface area (Å²) in [6, 6.07) is 0. The summed E-state index contributed by atoms with van der Waals surface area (Å²) in [5, 5.41) is 4.01. The quantitative estimate of drug-likeness (QED) is 0.805. The highest BCUT2D eigenvalue weighted by atomic mass is 16.5. The Balaban J connectivity index is 1.41. The molecule has 0 aromatic carbocycles. The Hall–Kier alpha value is -2.51. The maximum absolute atomic E-state index is 12.4. The number of carbonyl (C=O) groups is 1. The third-order valence-electron chi connectivity index (χ3n) is 4.43. The van der Waals surface area contributed by atoms with E-state index >= 15 is 0 Å². The number of aromatic nitrogens is 4. The van der Waals surface area contributed by atoms with E-state index in [4.69, 9.17) is 4.52 Å². The van der Waals surface area contributed by atoms with Crippen LogP contribution in [-0.4, -0.2) is 57.1 Å². The van der Waals surface area contributed by atoms with Gasteiger partial charge in [-0.2, -0.15) is 4.98 Å². The first-order chi connectivity index (χ1) is 12.4. The van der Waals surface area contributed by atoms with E-state index < -0.39 is 0 Å². The highest BCUT2D eigenvalue weighted by Crippen LogP contribution is 2.19. The summed E-state index contributed by atoms with van der Waals surface area (Å²) in [5.74, 6) is 2.36. The Kier molecular flexibility index (Phi) is 5.49. The third-order valence-corrected chi connectivity index (χ3v) is 4.43. The van der Waals surface area contributed by atoms with E-state index in [1.54, 1.807) is 18.6 Å². The topological polar surface area (TPSA) is 88.3 Å². The monoisotopic (exact) mass is 358 g/mol. The van der Waals surface area contributed by atoms with Crippen molar-refractivity contribution in [3.05, 3.63) is 30.3 Å². The fraction of sp³-hybridized carbons (Fsp3) is 0.611. The van der Waals surface area contributed by atoms with Crippen molar-refractivity contribution in [3.8, 4) is 0 Å². The summed E-state index contributed by atoms with van der Waals surface area (Å²) >= 11 is 0. The molecule has 1 saturated heterocycles. The molecule has 2 aromatic rings. The van der Waals surface area contributed by atoms with E-state index in [0.717, 1.165) is 25.3 Å². The molecule has 0 bridgehead atoms. The summed E-state index contributed by atoms with van der Waals surface area (Å²) < 4.78 is 5.28. The van der Waals surface area contributed by atoms with E-state index in [1.165, 1.54) is 0 Å². The molecule has 1 fully saturated rings. The van der Waals surface area contributed by atoms with Gasteiger partial charge in [-0.15, -0.1) is 0 Å².